The van der Waals surface area contributed by atoms with E-state index in [0.717, 1.165) is 12.8 Å². The molecular weight excluding hydrogens is 258 g/mol. The Balaban J connectivity index is 2.08. The molecule has 0 spiro atoms. The van der Waals surface area contributed by atoms with Gasteiger partial charge in [0, 0.05) is 24.7 Å². The number of carbonyl (C=O) groups excluding carboxylic acids is 1. The first kappa shape index (κ1) is 14.4. The number of carbonyl (C=O) groups is 2. The molecule has 20 heavy (non-hydrogen) atoms. The van der Waals surface area contributed by atoms with Crippen molar-refractivity contribution in [2.45, 2.75) is 25.7 Å². The highest BCUT2D eigenvalue weighted by molar-refractivity contribution is 5.95. The number of hydrogen-bond donors (Lipinski definition) is 2. The summed E-state index contributed by atoms with van der Waals surface area (Å²) >= 11 is 0. The topological polar surface area (TPSA) is 77.8 Å². The van der Waals surface area contributed by atoms with Crippen LogP contribution >= 0.6 is 0 Å². The Hall–Kier alpha value is -2.04. The lowest BCUT2D eigenvalue weighted by Gasteiger charge is -2.29. The van der Waals surface area contributed by atoms with Gasteiger partial charge in [-0.3, -0.25) is 9.59 Å². The summed E-state index contributed by atoms with van der Waals surface area (Å²) in [5.74, 6) is -1.47. The Bertz CT molecular complexity index is 514. The quantitative estimate of drug-likeness (QED) is 0.888. The highest BCUT2D eigenvalue weighted by atomic mass is 16.4. The van der Waals surface area contributed by atoms with E-state index in [4.69, 9.17) is 5.11 Å². The largest absolute Gasteiger partial charge is 0.508 e. The number of hydrogen-bond acceptors (Lipinski definition) is 3. The number of aliphatic carboxylic acids is 1. The van der Waals surface area contributed by atoms with Crippen molar-refractivity contribution in [1.29, 1.82) is 0 Å². The highest BCUT2D eigenvalue weighted by Gasteiger charge is 2.32. The van der Waals surface area contributed by atoms with Gasteiger partial charge in [-0.2, -0.15) is 0 Å². The predicted molar refractivity (Wildman–Crippen MR) is 74.6 cm³/mol. The van der Waals surface area contributed by atoms with E-state index in [1.807, 2.05) is 0 Å². The molecule has 2 N–H and O–H groups in total. The fraction of sp³-hybridized carbons (Fsp3) is 0.467. The molecule has 2 unspecified atom stereocenters. The van der Waals surface area contributed by atoms with Crippen LogP contribution in [0.25, 0.3) is 0 Å². The molecule has 1 amide bonds. The maximum Gasteiger partial charge on any atom is 0.306 e. The number of nitrogens with zero attached hydrogens (tertiary/aromatic N) is 1. The van der Waals surface area contributed by atoms with E-state index in [9.17, 15) is 14.7 Å². The number of anilines is 1. The van der Waals surface area contributed by atoms with Gasteiger partial charge in [-0.25, -0.2) is 0 Å². The van der Waals surface area contributed by atoms with Gasteiger partial charge in [-0.1, -0.05) is 12.5 Å². The summed E-state index contributed by atoms with van der Waals surface area (Å²) in [5.41, 5.74) is 0.618. The third-order valence-corrected chi connectivity index (χ3v) is 3.92. The fourth-order valence-electron chi connectivity index (χ4n) is 2.74. The third kappa shape index (κ3) is 3.10. The van der Waals surface area contributed by atoms with Gasteiger partial charge in [0.25, 0.3) is 0 Å². The first-order valence-electron chi connectivity index (χ1n) is 6.78. The SMILES string of the molecule is CN(C(=O)C1CCCC(C(=O)O)C1)c1cccc(O)c1. The molecule has 1 aliphatic rings. The maximum absolute atomic E-state index is 12.4. The summed E-state index contributed by atoms with van der Waals surface area (Å²) in [4.78, 5) is 25.0. The zero-order valence-electron chi connectivity index (χ0n) is 11.5. The van der Waals surface area contributed by atoms with Crippen molar-refractivity contribution >= 4 is 17.6 Å². The van der Waals surface area contributed by atoms with Crippen LogP contribution in [-0.2, 0) is 9.59 Å². The van der Waals surface area contributed by atoms with Crippen molar-refractivity contribution in [3.8, 4) is 5.75 Å². The summed E-state index contributed by atoms with van der Waals surface area (Å²) in [7, 11) is 1.65. The van der Waals surface area contributed by atoms with E-state index in [1.165, 1.54) is 11.0 Å². The van der Waals surface area contributed by atoms with Crippen molar-refractivity contribution in [1.82, 2.24) is 0 Å². The Morgan fingerprint density at radius 1 is 1.25 bits per heavy atom. The Morgan fingerprint density at radius 2 is 1.95 bits per heavy atom. The molecule has 0 radical (unpaired) electrons. The van der Waals surface area contributed by atoms with Crippen LogP contribution in [0.15, 0.2) is 24.3 Å². The number of rotatable bonds is 3. The van der Waals surface area contributed by atoms with E-state index in [0.29, 0.717) is 18.5 Å². The van der Waals surface area contributed by atoms with E-state index < -0.39 is 11.9 Å². The van der Waals surface area contributed by atoms with Crippen LogP contribution in [0.4, 0.5) is 5.69 Å². The molecule has 2 atom stereocenters. The molecule has 0 aromatic heterocycles. The average Bonchev–Trinajstić information content (AvgIpc) is 2.45. The minimum absolute atomic E-state index is 0.0819. The molecule has 1 fully saturated rings. The van der Waals surface area contributed by atoms with Crippen molar-refractivity contribution in [2.75, 3.05) is 11.9 Å². The first-order chi connectivity index (χ1) is 9.49. The monoisotopic (exact) mass is 277 g/mol. The van der Waals surface area contributed by atoms with E-state index >= 15 is 0 Å². The zero-order chi connectivity index (χ0) is 14.7. The lowest BCUT2D eigenvalue weighted by molar-refractivity contribution is -0.143. The highest BCUT2D eigenvalue weighted by Crippen LogP contribution is 2.31. The summed E-state index contributed by atoms with van der Waals surface area (Å²) in [5, 5.41) is 18.5. The molecule has 0 aliphatic heterocycles. The van der Waals surface area contributed by atoms with Crippen LogP contribution in [0.3, 0.4) is 0 Å². The molecular formula is C15H19NO4. The normalized spacial score (nSPS) is 22.2. The van der Waals surface area contributed by atoms with E-state index in [1.54, 1.807) is 25.2 Å². The molecule has 5 heteroatoms. The van der Waals surface area contributed by atoms with Gasteiger partial charge in [-0.15, -0.1) is 0 Å². The molecule has 5 nitrogen and oxygen atoms in total. The number of carboxylic acids is 1. The van der Waals surface area contributed by atoms with Crippen LogP contribution in [0.2, 0.25) is 0 Å². The Kier molecular flexibility index (Phi) is 4.27. The van der Waals surface area contributed by atoms with Gasteiger partial charge in [0.05, 0.1) is 5.92 Å². The van der Waals surface area contributed by atoms with Gasteiger partial charge >= 0.3 is 5.97 Å². The molecule has 1 saturated carbocycles. The zero-order valence-corrected chi connectivity index (χ0v) is 11.5. The number of benzene rings is 1. The van der Waals surface area contributed by atoms with Crippen molar-refractivity contribution < 1.29 is 19.8 Å². The summed E-state index contributed by atoms with van der Waals surface area (Å²) < 4.78 is 0. The van der Waals surface area contributed by atoms with Crippen molar-refractivity contribution in [2.24, 2.45) is 11.8 Å². The van der Waals surface area contributed by atoms with Gasteiger partial charge in [0.1, 0.15) is 5.75 Å². The lowest BCUT2D eigenvalue weighted by Crippen LogP contribution is -2.36. The Morgan fingerprint density at radius 3 is 2.60 bits per heavy atom. The predicted octanol–water partition coefficient (Wildman–Crippen LogP) is 2.25. The van der Waals surface area contributed by atoms with Crippen molar-refractivity contribution in [3.05, 3.63) is 24.3 Å². The molecule has 1 aliphatic carbocycles. The fourth-order valence-corrected chi connectivity index (χ4v) is 2.74. The van der Waals surface area contributed by atoms with Gasteiger partial charge < -0.3 is 15.1 Å². The lowest BCUT2D eigenvalue weighted by atomic mass is 9.81. The van der Waals surface area contributed by atoms with E-state index in [-0.39, 0.29) is 17.6 Å². The minimum atomic E-state index is -0.817. The molecule has 2 rings (SSSR count). The van der Waals surface area contributed by atoms with Gasteiger partial charge in [0.15, 0.2) is 0 Å². The van der Waals surface area contributed by atoms with Crippen LogP contribution in [0.5, 0.6) is 5.75 Å². The molecule has 1 aromatic rings. The van der Waals surface area contributed by atoms with Crippen LogP contribution in [0, 0.1) is 11.8 Å². The second-order valence-electron chi connectivity index (χ2n) is 5.32. The molecule has 0 bridgehead atoms. The number of aromatic hydroxyl groups is 1. The first-order valence-corrected chi connectivity index (χ1v) is 6.78. The summed E-state index contributed by atoms with van der Waals surface area (Å²) in [6, 6.07) is 6.49. The van der Waals surface area contributed by atoms with Crippen LogP contribution < -0.4 is 4.90 Å². The molecule has 0 heterocycles. The third-order valence-electron chi connectivity index (χ3n) is 3.92. The minimum Gasteiger partial charge on any atom is -0.508 e. The van der Waals surface area contributed by atoms with E-state index in [2.05, 4.69) is 0 Å². The van der Waals surface area contributed by atoms with Crippen LogP contribution in [0.1, 0.15) is 25.7 Å². The average molecular weight is 277 g/mol. The summed E-state index contributed by atoms with van der Waals surface area (Å²) in [6.07, 6.45) is 2.54. The smallest absolute Gasteiger partial charge is 0.306 e. The number of amides is 1. The molecule has 108 valence electrons. The number of phenolic OH excluding ortho intramolecular Hbond substituents is 1. The maximum atomic E-state index is 12.4. The molecule has 1 aromatic carbocycles. The number of carboxylic acid groups (broad SMARTS) is 1. The molecule has 0 saturated heterocycles. The van der Waals surface area contributed by atoms with Gasteiger partial charge in [-0.05, 0) is 31.4 Å². The second kappa shape index (κ2) is 5.94. The van der Waals surface area contributed by atoms with Crippen molar-refractivity contribution in [3.63, 3.8) is 0 Å². The standard InChI is InChI=1S/C15H19NO4/c1-16(12-6-3-7-13(17)9-12)14(18)10-4-2-5-11(8-10)15(19)20/h3,6-7,9-11,17H,2,4-5,8H2,1H3,(H,19,20). The Labute approximate surface area is 117 Å². The van der Waals surface area contributed by atoms with Crippen LogP contribution in [-0.4, -0.2) is 29.1 Å². The summed E-state index contributed by atoms with van der Waals surface area (Å²) in [6.45, 7) is 0. The number of phenols is 1. The second-order valence-corrected chi connectivity index (χ2v) is 5.32. The van der Waals surface area contributed by atoms with Gasteiger partial charge in [0.2, 0.25) is 5.91 Å².